The van der Waals surface area contributed by atoms with Crippen LogP contribution >= 0.6 is 11.3 Å². The van der Waals surface area contributed by atoms with Crippen molar-refractivity contribution in [2.24, 2.45) is 0 Å². The number of hydrogen-bond acceptors (Lipinski definition) is 3. The van der Waals surface area contributed by atoms with Crippen LogP contribution in [-0.2, 0) is 12.8 Å². The van der Waals surface area contributed by atoms with Crippen molar-refractivity contribution in [1.29, 1.82) is 0 Å². The highest BCUT2D eigenvalue weighted by Gasteiger charge is 2.25. The van der Waals surface area contributed by atoms with Crippen molar-refractivity contribution in [2.75, 3.05) is 19.6 Å². The number of carbonyl (C=O) groups is 1. The number of nitrogens with one attached hydrogen (secondary N) is 1. The van der Waals surface area contributed by atoms with Gasteiger partial charge in [-0.2, -0.15) is 0 Å². The van der Waals surface area contributed by atoms with Crippen LogP contribution in [0, 0.1) is 0 Å². The number of rotatable bonds is 9. The predicted molar refractivity (Wildman–Crippen MR) is 123 cm³/mol. The Morgan fingerprint density at radius 2 is 1.76 bits per heavy atom. The summed E-state index contributed by atoms with van der Waals surface area (Å²) < 4.78 is 1.17. The number of fused-ring (bicyclic) bond motifs is 2. The molecular formula is C25H30N2OS. The van der Waals surface area contributed by atoms with E-state index in [1.807, 2.05) is 18.2 Å². The second kappa shape index (κ2) is 9.55. The van der Waals surface area contributed by atoms with Crippen LogP contribution in [0.1, 0.15) is 47.0 Å². The lowest BCUT2D eigenvalue weighted by molar-refractivity contribution is 0.0956. The minimum absolute atomic E-state index is 0.0582. The maximum atomic E-state index is 12.4. The molecule has 0 atom stereocenters. The van der Waals surface area contributed by atoms with Crippen LogP contribution in [0.25, 0.3) is 10.1 Å². The predicted octanol–water partition coefficient (Wildman–Crippen LogP) is 5.29. The number of hydrogen-bond donors (Lipinski definition) is 1. The molecule has 0 saturated carbocycles. The van der Waals surface area contributed by atoms with Gasteiger partial charge in [0.1, 0.15) is 0 Å². The first-order chi connectivity index (χ1) is 14.2. The monoisotopic (exact) mass is 406 g/mol. The number of unbranched alkanes of at least 4 members (excludes halogenated alkanes) is 1. The van der Waals surface area contributed by atoms with E-state index in [1.54, 1.807) is 11.3 Å². The van der Waals surface area contributed by atoms with Crippen LogP contribution in [0.15, 0.2) is 54.6 Å². The Labute approximate surface area is 177 Å². The Bertz CT molecular complexity index is 906. The zero-order valence-corrected chi connectivity index (χ0v) is 18.0. The van der Waals surface area contributed by atoms with E-state index in [-0.39, 0.29) is 5.91 Å². The van der Waals surface area contributed by atoms with Crippen molar-refractivity contribution in [3.8, 4) is 0 Å². The lowest BCUT2D eigenvalue weighted by atomic mass is 10.1. The standard InChI is InChI=1S/C25H30N2OS/c1-2-14-27(22-16-19-9-3-4-10-20(19)17-22)15-8-7-13-26-25(28)24-18-21-11-5-6-12-23(21)29-24/h3-6,9-12,18,22H,2,7-8,13-17H2,1H3,(H,26,28). The first-order valence-electron chi connectivity index (χ1n) is 10.8. The number of thiophene rings is 1. The van der Waals surface area contributed by atoms with Gasteiger partial charge in [-0.3, -0.25) is 9.69 Å². The summed E-state index contributed by atoms with van der Waals surface area (Å²) in [5.41, 5.74) is 3.04. The number of nitrogens with zero attached hydrogens (tertiary/aromatic N) is 1. The first kappa shape index (κ1) is 20.1. The molecule has 1 heterocycles. The van der Waals surface area contributed by atoms with Crippen LogP contribution in [0.3, 0.4) is 0 Å². The minimum atomic E-state index is 0.0582. The Morgan fingerprint density at radius 1 is 1.03 bits per heavy atom. The summed E-state index contributed by atoms with van der Waals surface area (Å²) in [6.45, 7) is 5.29. The average molecular weight is 407 g/mol. The summed E-state index contributed by atoms with van der Waals surface area (Å²) in [4.78, 5) is 15.9. The molecule has 0 radical (unpaired) electrons. The van der Waals surface area contributed by atoms with Gasteiger partial charge in [-0.15, -0.1) is 11.3 Å². The van der Waals surface area contributed by atoms with Gasteiger partial charge in [-0.1, -0.05) is 49.4 Å². The van der Waals surface area contributed by atoms with Crippen LogP contribution in [0.4, 0.5) is 0 Å². The molecule has 3 nitrogen and oxygen atoms in total. The summed E-state index contributed by atoms with van der Waals surface area (Å²) in [5.74, 6) is 0.0582. The van der Waals surface area contributed by atoms with Crippen LogP contribution in [-0.4, -0.2) is 36.5 Å². The highest BCUT2D eigenvalue weighted by atomic mass is 32.1. The van der Waals surface area contributed by atoms with Crippen molar-refractivity contribution in [3.05, 3.63) is 70.6 Å². The molecule has 29 heavy (non-hydrogen) atoms. The molecule has 152 valence electrons. The molecule has 4 heteroatoms. The van der Waals surface area contributed by atoms with Crippen LogP contribution in [0.2, 0.25) is 0 Å². The first-order valence-corrected chi connectivity index (χ1v) is 11.6. The minimum Gasteiger partial charge on any atom is -0.351 e. The third-order valence-electron chi connectivity index (χ3n) is 5.86. The quantitative estimate of drug-likeness (QED) is 0.490. The van der Waals surface area contributed by atoms with E-state index >= 15 is 0 Å². The van der Waals surface area contributed by atoms with Crippen molar-refractivity contribution in [1.82, 2.24) is 10.2 Å². The molecule has 1 aliphatic rings. The van der Waals surface area contributed by atoms with Crippen molar-refractivity contribution >= 4 is 27.3 Å². The molecule has 1 aromatic heterocycles. The van der Waals surface area contributed by atoms with Crippen molar-refractivity contribution in [2.45, 2.75) is 45.1 Å². The zero-order valence-electron chi connectivity index (χ0n) is 17.2. The highest BCUT2D eigenvalue weighted by molar-refractivity contribution is 7.20. The highest BCUT2D eigenvalue weighted by Crippen LogP contribution is 2.26. The number of carbonyl (C=O) groups excluding carboxylic acids is 1. The van der Waals surface area contributed by atoms with Gasteiger partial charge in [0.25, 0.3) is 5.91 Å². The smallest absolute Gasteiger partial charge is 0.261 e. The maximum Gasteiger partial charge on any atom is 0.261 e. The van der Waals surface area contributed by atoms with Gasteiger partial charge in [0, 0.05) is 17.3 Å². The second-order valence-corrected chi connectivity index (χ2v) is 9.06. The molecule has 0 unspecified atom stereocenters. The lowest BCUT2D eigenvalue weighted by Crippen LogP contribution is -2.37. The SMILES string of the molecule is CCCN(CCCCNC(=O)c1cc2ccccc2s1)C1Cc2ccccc2C1. The van der Waals surface area contributed by atoms with Gasteiger partial charge in [0.15, 0.2) is 0 Å². The van der Waals surface area contributed by atoms with E-state index in [9.17, 15) is 4.79 Å². The molecule has 1 amide bonds. The molecule has 0 spiro atoms. The topological polar surface area (TPSA) is 32.3 Å². The van der Waals surface area contributed by atoms with Crippen LogP contribution < -0.4 is 5.32 Å². The largest absolute Gasteiger partial charge is 0.351 e. The zero-order chi connectivity index (χ0) is 20.1. The van der Waals surface area contributed by atoms with E-state index in [0.717, 1.165) is 42.7 Å². The summed E-state index contributed by atoms with van der Waals surface area (Å²) in [6, 6.07) is 19.7. The summed E-state index contributed by atoms with van der Waals surface area (Å²) in [5, 5.41) is 4.25. The fourth-order valence-electron chi connectivity index (χ4n) is 4.38. The molecule has 3 aromatic rings. The van der Waals surface area contributed by atoms with E-state index in [4.69, 9.17) is 0 Å². The Morgan fingerprint density at radius 3 is 2.48 bits per heavy atom. The average Bonchev–Trinajstić information content (AvgIpc) is 3.36. The molecule has 0 saturated heterocycles. The third kappa shape index (κ3) is 4.88. The summed E-state index contributed by atoms with van der Waals surface area (Å²) in [7, 11) is 0. The fourth-order valence-corrected chi connectivity index (χ4v) is 5.36. The van der Waals surface area contributed by atoms with E-state index in [1.165, 1.54) is 35.1 Å². The number of benzene rings is 2. The Hall–Kier alpha value is -2.17. The fraction of sp³-hybridized carbons (Fsp3) is 0.400. The van der Waals surface area contributed by atoms with Gasteiger partial charge in [-0.25, -0.2) is 0 Å². The van der Waals surface area contributed by atoms with E-state index in [2.05, 4.69) is 53.5 Å². The molecule has 0 fully saturated rings. The molecule has 1 N–H and O–H groups in total. The van der Waals surface area contributed by atoms with Crippen LogP contribution in [0.5, 0.6) is 0 Å². The summed E-state index contributed by atoms with van der Waals surface area (Å²) >= 11 is 1.57. The third-order valence-corrected chi connectivity index (χ3v) is 6.98. The number of amides is 1. The summed E-state index contributed by atoms with van der Waals surface area (Å²) in [6.07, 6.45) is 5.70. The molecule has 0 aliphatic heterocycles. The Kier molecular flexibility index (Phi) is 6.63. The van der Waals surface area contributed by atoms with Gasteiger partial charge in [0.05, 0.1) is 4.88 Å². The van der Waals surface area contributed by atoms with Gasteiger partial charge >= 0.3 is 0 Å². The molecule has 2 aromatic carbocycles. The van der Waals surface area contributed by atoms with Gasteiger partial charge < -0.3 is 5.32 Å². The van der Waals surface area contributed by atoms with Gasteiger partial charge in [0.2, 0.25) is 0 Å². The molecular weight excluding hydrogens is 376 g/mol. The van der Waals surface area contributed by atoms with E-state index in [0.29, 0.717) is 6.04 Å². The van der Waals surface area contributed by atoms with Crippen molar-refractivity contribution < 1.29 is 4.79 Å². The maximum absolute atomic E-state index is 12.4. The molecule has 4 rings (SSSR count). The van der Waals surface area contributed by atoms with Crippen molar-refractivity contribution in [3.63, 3.8) is 0 Å². The van der Waals surface area contributed by atoms with E-state index < -0.39 is 0 Å². The Balaban J connectivity index is 1.22. The molecule has 0 bridgehead atoms. The van der Waals surface area contributed by atoms with Gasteiger partial charge in [-0.05, 0) is 73.8 Å². The molecule has 1 aliphatic carbocycles. The normalized spacial score (nSPS) is 13.9. The lowest BCUT2D eigenvalue weighted by Gasteiger charge is -2.28. The second-order valence-electron chi connectivity index (χ2n) is 7.98.